The lowest BCUT2D eigenvalue weighted by Crippen LogP contribution is -2.52. The third-order valence-electron chi connectivity index (χ3n) is 5.99. The van der Waals surface area contributed by atoms with Crippen molar-refractivity contribution in [2.45, 2.75) is 75.9 Å². The molecular formula is C15H29N3. The molecule has 1 saturated carbocycles. The van der Waals surface area contributed by atoms with Crippen LogP contribution in [0.2, 0.25) is 0 Å². The first kappa shape index (κ1) is 12.9. The van der Waals surface area contributed by atoms with E-state index in [1.807, 2.05) is 0 Å². The van der Waals surface area contributed by atoms with Crippen LogP contribution in [0.5, 0.6) is 0 Å². The molecular weight excluding hydrogens is 222 g/mol. The highest BCUT2D eigenvalue weighted by atomic mass is 15.2. The van der Waals surface area contributed by atoms with E-state index in [2.05, 4.69) is 17.4 Å². The minimum absolute atomic E-state index is 0.585. The van der Waals surface area contributed by atoms with Gasteiger partial charge in [-0.15, -0.1) is 0 Å². The van der Waals surface area contributed by atoms with Crippen molar-refractivity contribution < 1.29 is 0 Å². The Bertz CT molecular complexity index is 261. The summed E-state index contributed by atoms with van der Waals surface area (Å²) in [7, 11) is 2.32. The summed E-state index contributed by atoms with van der Waals surface area (Å²) in [6.45, 7) is 0. The monoisotopic (exact) mass is 251 g/mol. The second kappa shape index (κ2) is 5.48. The maximum absolute atomic E-state index is 5.92. The first-order valence-corrected chi connectivity index (χ1v) is 7.97. The van der Waals surface area contributed by atoms with Crippen molar-refractivity contribution in [2.24, 2.45) is 17.7 Å². The fraction of sp³-hybridized carbons (Fsp3) is 1.00. The molecule has 0 aromatic rings. The third-order valence-corrected chi connectivity index (χ3v) is 5.99. The average molecular weight is 251 g/mol. The number of fused-ring (bicyclic) bond motifs is 2. The molecule has 3 N–H and O–H groups in total. The highest BCUT2D eigenvalue weighted by Crippen LogP contribution is 2.41. The number of nitrogens with one attached hydrogen (secondary N) is 1. The summed E-state index contributed by atoms with van der Waals surface area (Å²) in [4.78, 5) is 2.63. The molecule has 0 spiro atoms. The van der Waals surface area contributed by atoms with E-state index in [0.29, 0.717) is 6.04 Å². The van der Waals surface area contributed by atoms with Crippen LogP contribution in [0.3, 0.4) is 0 Å². The third kappa shape index (κ3) is 2.33. The molecule has 18 heavy (non-hydrogen) atoms. The first-order chi connectivity index (χ1) is 8.79. The summed E-state index contributed by atoms with van der Waals surface area (Å²) in [6, 6.07) is 2.27. The number of nitrogens with zero attached hydrogens (tertiary/aromatic N) is 1. The second-order valence-corrected chi connectivity index (χ2v) is 6.87. The van der Waals surface area contributed by atoms with Crippen LogP contribution in [0, 0.1) is 11.8 Å². The van der Waals surface area contributed by atoms with E-state index in [1.54, 1.807) is 0 Å². The summed E-state index contributed by atoms with van der Waals surface area (Å²) in [5.74, 6) is 7.59. The summed E-state index contributed by atoms with van der Waals surface area (Å²) in [5, 5.41) is 0. The normalized spacial score (nSPS) is 40.0. The van der Waals surface area contributed by atoms with Crippen molar-refractivity contribution in [1.29, 1.82) is 0 Å². The second-order valence-electron chi connectivity index (χ2n) is 6.87. The van der Waals surface area contributed by atoms with Gasteiger partial charge >= 0.3 is 0 Å². The fourth-order valence-electron chi connectivity index (χ4n) is 4.90. The number of hydrogen-bond donors (Lipinski definition) is 2. The van der Waals surface area contributed by atoms with Crippen molar-refractivity contribution in [3.63, 3.8) is 0 Å². The molecule has 0 amide bonds. The van der Waals surface area contributed by atoms with Crippen molar-refractivity contribution in [1.82, 2.24) is 10.3 Å². The first-order valence-electron chi connectivity index (χ1n) is 7.97. The zero-order valence-corrected chi connectivity index (χ0v) is 11.8. The Hall–Kier alpha value is -0.120. The Morgan fingerprint density at radius 2 is 1.56 bits per heavy atom. The van der Waals surface area contributed by atoms with Gasteiger partial charge in [-0.3, -0.25) is 11.3 Å². The van der Waals surface area contributed by atoms with Gasteiger partial charge in [0.1, 0.15) is 0 Å². The molecule has 2 saturated heterocycles. The molecule has 3 rings (SSSR count). The Labute approximate surface area is 111 Å². The molecule has 1 aliphatic carbocycles. The number of piperidine rings is 1. The quantitative estimate of drug-likeness (QED) is 0.597. The van der Waals surface area contributed by atoms with E-state index in [-0.39, 0.29) is 0 Å². The van der Waals surface area contributed by atoms with Gasteiger partial charge < -0.3 is 4.90 Å². The molecule has 3 aliphatic rings. The van der Waals surface area contributed by atoms with Crippen LogP contribution in [0.4, 0.5) is 0 Å². The van der Waals surface area contributed by atoms with Crippen LogP contribution < -0.4 is 11.3 Å². The summed E-state index contributed by atoms with van der Waals surface area (Å²) >= 11 is 0. The minimum Gasteiger partial charge on any atom is -0.300 e. The van der Waals surface area contributed by atoms with Crippen LogP contribution in [0.15, 0.2) is 0 Å². The molecule has 0 aromatic heterocycles. The molecule has 3 fully saturated rings. The maximum atomic E-state index is 5.92. The fourth-order valence-corrected chi connectivity index (χ4v) is 4.90. The lowest BCUT2D eigenvalue weighted by atomic mass is 9.74. The summed E-state index contributed by atoms with van der Waals surface area (Å²) in [6.07, 6.45) is 12.7. The molecule has 2 bridgehead atoms. The average Bonchev–Trinajstić information content (AvgIpc) is 2.64. The van der Waals surface area contributed by atoms with Crippen molar-refractivity contribution in [3.8, 4) is 0 Å². The number of nitrogens with two attached hydrogens (primary N) is 1. The van der Waals surface area contributed by atoms with E-state index in [9.17, 15) is 0 Å². The predicted molar refractivity (Wildman–Crippen MR) is 75.0 cm³/mol. The molecule has 3 atom stereocenters. The number of rotatable bonds is 3. The van der Waals surface area contributed by atoms with Crippen molar-refractivity contribution in [3.05, 3.63) is 0 Å². The lowest BCUT2D eigenvalue weighted by molar-refractivity contribution is 0.0867. The van der Waals surface area contributed by atoms with Crippen molar-refractivity contribution in [2.75, 3.05) is 7.05 Å². The van der Waals surface area contributed by atoms with E-state index in [0.717, 1.165) is 23.9 Å². The lowest BCUT2D eigenvalue weighted by Gasteiger charge is -2.43. The van der Waals surface area contributed by atoms with Crippen molar-refractivity contribution >= 4 is 0 Å². The standard InChI is InChI=1S/C15H29N3/c1-18-13-7-8-14(18)10-12(9-13)15(17-16)11-5-3-2-4-6-11/h11-15,17H,2-10,16H2,1H3. The molecule has 0 radical (unpaired) electrons. The summed E-state index contributed by atoms with van der Waals surface area (Å²) in [5.41, 5.74) is 3.21. The predicted octanol–water partition coefficient (Wildman–Crippen LogP) is 2.27. The van der Waals surface area contributed by atoms with Gasteiger partial charge in [0.05, 0.1) is 0 Å². The molecule has 3 nitrogen and oxygen atoms in total. The topological polar surface area (TPSA) is 41.3 Å². The molecule has 3 heteroatoms. The molecule has 2 heterocycles. The van der Waals surface area contributed by atoms with E-state index in [4.69, 9.17) is 5.84 Å². The Morgan fingerprint density at radius 1 is 0.944 bits per heavy atom. The zero-order chi connectivity index (χ0) is 12.5. The summed E-state index contributed by atoms with van der Waals surface area (Å²) < 4.78 is 0. The van der Waals surface area contributed by atoms with Crippen LogP contribution in [0.1, 0.15) is 57.8 Å². The van der Waals surface area contributed by atoms with Gasteiger partial charge in [-0.05, 0) is 57.4 Å². The largest absolute Gasteiger partial charge is 0.300 e. The Kier molecular flexibility index (Phi) is 3.92. The van der Waals surface area contributed by atoms with Gasteiger partial charge in [0.15, 0.2) is 0 Å². The Morgan fingerprint density at radius 3 is 2.11 bits per heavy atom. The molecule has 104 valence electrons. The SMILES string of the molecule is CN1C2CCC1CC(C(NN)C1CCCCC1)C2. The van der Waals surface area contributed by atoms with Crippen LogP contribution in [0.25, 0.3) is 0 Å². The minimum atomic E-state index is 0.585. The van der Waals surface area contributed by atoms with E-state index >= 15 is 0 Å². The highest BCUT2D eigenvalue weighted by Gasteiger charge is 2.42. The van der Waals surface area contributed by atoms with Gasteiger partial charge in [0, 0.05) is 18.1 Å². The van der Waals surface area contributed by atoms with Crippen LogP contribution >= 0.6 is 0 Å². The van der Waals surface area contributed by atoms with E-state index in [1.165, 1.54) is 57.8 Å². The maximum Gasteiger partial charge on any atom is 0.0268 e. The Balaban J connectivity index is 1.65. The van der Waals surface area contributed by atoms with E-state index < -0.39 is 0 Å². The number of hydrogen-bond acceptors (Lipinski definition) is 3. The zero-order valence-electron chi connectivity index (χ0n) is 11.8. The van der Waals surface area contributed by atoms with Crippen LogP contribution in [-0.2, 0) is 0 Å². The smallest absolute Gasteiger partial charge is 0.0268 e. The highest BCUT2D eigenvalue weighted by molar-refractivity contribution is 4.98. The van der Waals surface area contributed by atoms with Gasteiger partial charge in [-0.1, -0.05) is 19.3 Å². The van der Waals surface area contributed by atoms with Gasteiger partial charge in [-0.25, -0.2) is 0 Å². The van der Waals surface area contributed by atoms with Gasteiger partial charge in [-0.2, -0.15) is 0 Å². The molecule has 3 unspecified atom stereocenters. The van der Waals surface area contributed by atoms with Crippen LogP contribution in [-0.4, -0.2) is 30.1 Å². The number of hydrazine groups is 1. The molecule has 2 aliphatic heterocycles. The van der Waals surface area contributed by atoms with Gasteiger partial charge in [0.25, 0.3) is 0 Å². The van der Waals surface area contributed by atoms with Gasteiger partial charge in [0.2, 0.25) is 0 Å². The molecule has 0 aromatic carbocycles.